The van der Waals surface area contributed by atoms with Crippen LogP contribution in [-0.4, -0.2) is 45.5 Å². The Morgan fingerprint density at radius 1 is 1.38 bits per heavy atom. The van der Waals surface area contributed by atoms with E-state index in [0.717, 1.165) is 18.5 Å². The molecule has 1 aliphatic rings. The number of amides is 1. The summed E-state index contributed by atoms with van der Waals surface area (Å²) >= 11 is 0. The van der Waals surface area contributed by atoms with Crippen molar-refractivity contribution in [2.75, 3.05) is 19.7 Å². The van der Waals surface area contributed by atoms with Crippen LogP contribution >= 0.6 is 0 Å². The van der Waals surface area contributed by atoms with Crippen LogP contribution in [0.1, 0.15) is 41.7 Å². The van der Waals surface area contributed by atoms with Crippen molar-refractivity contribution in [2.45, 2.75) is 25.7 Å². The zero-order chi connectivity index (χ0) is 16.9. The summed E-state index contributed by atoms with van der Waals surface area (Å²) < 4.78 is 5.46. The number of nitrogens with zero attached hydrogens (tertiary/aromatic N) is 3. The average molecular weight is 328 g/mol. The van der Waals surface area contributed by atoms with E-state index in [9.17, 15) is 9.59 Å². The maximum Gasteiger partial charge on any atom is 0.345 e. The number of hydrogen-bond donors (Lipinski definition) is 1. The predicted octanol–water partition coefficient (Wildman–Crippen LogP) is 1.58. The van der Waals surface area contributed by atoms with Crippen molar-refractivity contribution in [1.29, 1.82) is 0 Å². The molecule has 2 aromatic rings. The Kier molecular flexibility index (Phi) is 4.88. The second-order valence-corrected chi connectivity index (χ2v) is 5.71. The van der Waals surface area contributed by atoms with Gasteiger partial charge in [0, 0.05) is 37.1 Å². The standard InChI is InChI=1S/C17H20N4O3/c1-2-24-15-13(6-3-8-18-15)16(22)21-10-4-5-12(11-21)14-7-9-19-17(23)20-14/h3,6-9,12H,2,4-5,10-11H2,1H3,(H,19,20,23). The molecule has 1 fully saturated rings. The lowest BCUT2D eigenvalue weighted by molar-refractivity contribution is 0.0700. The minimum absolute atomic E-state index is 0.0901. The van der Waals surface area contributed by atoms with Gasteiger partial charge in [-0.3, -0.25) is 4.79 Å². The van der Waals surface area contributed by atoms with E-state index in [1.165, 1.54) is 6.20 Å². The van der Waals surface area contributed by atoms with Crippen molar-refractivity contribution in [2.24, 2.45) is 0 Å². The summed E-state index contributed by atoms with van der Waals surface area (Å²) in [6, 6.07) is 5.27. The van der Waals surface area contributed by atoms with Crippen LogP contribution in [0.3, 0.4) is 0 Å². The second-order valence-electron chi connectivity index (χ2n) is 5.71. The third-order valence-corrected chi connectivity index (χ3v) is 4.13. The summed E-state index contributed by atoms with van der Waals surface area (Å²) in [6.45, 7) is 3.56. The maximum atomic E-state index is 12.9. The van der Waals surface area contributed by atoms with Gasteiger partial charge in [0.15, 0.2) is 0 Å². The van der Waals surface area contributed by atoms with E-state index >= 15 is 0 Å². The largest absolute Gasteiger partial charge is 0.477 e. The molecule has 1 unspecified atom stereocenters. The fourth-order valence-corrected chi connectivity index (χ4v) is 3.01. The Hall–Kier alpha value is -2.70. The number of piperidine rings is 1. The molecule has 3 rings (SSSR count). The maximum absolute atomic E-state index is 12.9. The lowest BCUT2D eigenvalue weighted by Crippen LogP contribution is -2.39. The zero-order valence-corrected chi connectivity index (χ0v) is 13.6. The fraction of sp³-hybridized carbons (Fsp3) is 0.412. The van der Waals surface area contributed by atoms with Crippen molar-refractivity contribution in [3.8, 4) is 5.88 Å². The van der Waals surface area contributed by atoms with E-state index in [1.54, 1.807) is 29.3 Å². The average Bonchev–Trinajstić information content (AvgIpc) is 2.62. The molecule has 0 spiro atoms. The lowest BCUT2D eigenvalue weighted by atomic mass is 9.94. The van der Waals surface area contributed by atoms with Gasteiger partial charge < -0.3 is 14.6 Å². The molecule has 2 aromatic heterocycles. The van der Waals surface area contributed by atoms with E-state index in [-0.39, 0.29) is 17.5 Å². The minimum Gasteiger partial charge on any atom is -0.477 e. The van der Waals surface area contributed by atoms with Crippen molar-refractivity contribution in [3.05, 3.63) is 52.3 Å². The Bertz CT molecular complexity index is 774. The van der Waals surface area contributed by atoms with E-state index in [2.05, 4.69) is 15.0 Å². The number of carbonyl (C=O) groups is 1. The molecule has 0 radical (unpaired) electrons. The Labute approximate surface area is 139 Å². The summed E-state index contributed by atoms with van der Waals surface area (Å²) in [5.41, 5.74) is 0.939. The van der Waals surface area contributed by atoms with Gasteiger partial charge in [-0.2, -0.15) is 0 Å². The molecule has 7 heteroatoms. The van der Waals surface area contributed by atoms with Crippen molar-refractivity contribution >= 4 is 5.91 Å². The van der Waals surface area contributed by atoms with Crippen molar-refractivity contribution in [3.63, 3.8) is 0 Å². The number of rotatable bonds is 4. The first-order valence-electron chi connectivity index (χ1n) is 8.11. The summed E-state index contributed by atoms with van der Waals surface area (Å²) in [6.07, 6.45) is 4.92. The van der Waals surface area contributed by atoms with E-state index in [0.29, 0.717) is 31.1 Å². The van der Waals surface area contributed by atoms with Crippen LogP contribution in [0.25, 0.3) is 0 Å². The van der Waals surface area contributed by atoms with Gasteiger partial charge in [0.05, 0.1) is 6.61 Å². The molecule has 0 aliphatic carbocycles. The van der Waals surface area contributed by atoms with Gasteiger partial charge in [-0.1, -0.05) is 0 Å². The van der Waals surface area contributed by atoms with E-state index < -0.39 is 0 Å². The monoisotopic (exact) mass is 328 g/mol. The van der Waals surface area contributed by atoms with E-state index in [1.807, 2.05) is 6.92 Å². The van der Waals surface area contributed by atoms with Crippen molar-refractivity contribution in [1.82, 2.24) is 19.9 Å². The lowest BCUT2D eigenvalue weighted by Gasteiger charge is -2.32. The molecule has 0 saturated carbocycles. The highest BCUT2D eigenvalue weighted by molar-refractivity contribution is 5.96. The van der Waals surface area contributed by atoms with Crippen LogP contribution in [0.4, 0.5) is 0 Å². The second kappa shape index (κ2) is 7.25. The van der Waals surface area contributed by atoms with Crippen LogP contribution in [0.5, 0.6) is 5.88 Å². The molecule has 1 saturated heterocycles. The number of H-pyrrole nitrogens is 1. The molecule has 1 N–H and O–H groups in total. The highest BCUT2D eigenvalue weighted by atomic mass is 16.5. The summed E-state index contributed by atoms with van der Waals surface area (Å²) in [5.74, 6) is 0.378. The number of hydrogen-bond acceptors (Lipinski definition) is 5. The number of pyridine rings is 1. The molecule has 126 valence electrons. The smallest absolute Gasteiger partial charge is 0.345 e. The highest BCUT2D eigenvalue weighted by Crippen LogP contribution is 2.27. The number of nitrogens with one attached hydrogen (secondary N) is 1. The zero-order valence-electron chi connectivity index (χ0n) is 13.6. The summed E-state index contributed by atoms with van der Waals surface area (Å²) in [4.78, 5) is 36.6. The molecule has 1 amide bonds. The first kappa shape index (κ1) is 16.2. The number of aromatic nitrogens is 3. The van der Waals surface area contributed by atoms with Gasteiger partial charge in [-0.25, -0.2) is 14.8 Å². The third-order valence-electron chi connectivity index (χ3n) is 4.13. The Morgan fingerprint density at radius 3 is 3.04 bits per heavy atom. The van der Waals surface area contributed by atoms with Crippen molar-refractivity contribution < 1.29 is 9.53 Å². The molecule has 24 heavy (non-hydrogen) atoms. The van der Waals surface area contributed by atoms with Crippen LogP contribution in [0.15, 0.2) is 35.4 Å². The fourth-order valence-electron chi connectivity index (χ4n) is 3.01. The molecule has 1 atom stereocenters. The normalized spacial score (nSPS) is 17.5. The summed E-state index contributed by atoms with van der Waals surface area (Å²) in [7, 11) is 0. The topological polar surface area (TPSA) is 88.2 Å². The van der Waals surface area contributed by atoms with Crippen LogP contribution in [-0.2, 0) is 0 Å². The SMILES string of the molecule is CCOc1ncccc1C(=O)N1CCCC(c2ccnc(=O)[nH]2)C1. The van der Waals surface area contributed by atoms with Gasteiger partial charge in [0.1, 0.15) is 5.56 Å². The molecule has 1 aliphatic heterocycles. The highest BCUT2D eigenvalue weighted by Gasteiger charge is 2.27. The third kappa shape index (κ3) is 3.45. The molecule has 3 heterocycles. The first-order chi connectivity index (χ1) is 11.7. The van der Waals surface area contributed by atoms with Crippen LogP contribution in [0, 0.1) is 0 Å². The van der Waals surface area contributed by atoms with E-state index in [4.69, 9.17) is 4.74 Å². The molecule has 0 bridgehead atoms. The first-order valence-corrected chi connectivity index (χ1v) is 8.11. The molecular weight excluding hydrogens is 308 g/mol. The number of carbonyl (C=O) groups excluding carboxylic acids is 1. The van der Waals surface area contributed by atoms with Crippen LogP contribution in [0.2, 0.25) is 0 Å². The molecular formula is C17H20N4O3. The predicted molar refractivity (Wildman–Crippen MR) is 88.1 cm³/mol. The molecule has 7 nitrogen and oxygen atoms in total. The van der Waals surface area contributed by atoms with Gasteiger partial charge in [0.2, 0.25) is 5.88 Å². The quantitative estimate of drug-likeness (QED) is 0.920. The Morgan fingerprint density at radius 2 is 2.25 bits per heavy atom. The van der Waals surface area contributed by atoms with Gasteiger partial charge in [0.25, 0.3) is 5.91 Å². The molecule has 0 aromatic carbocycles. The van der Waals surface area contributed by atoms with Gasteiger partial charge >= 0.3 is 5.69 Å². The Balaban J connectivity index is 1.80. The number of ether oxygens (including phenoxy) is 1. The number of likely N-dealkylation sites (tertiary alicyclic amines) is 1. The summed E-state index contributed by atoms with van der Waals surface area (Å²) in [5, 5.41) is 0. The minimum atomic E-state index is -0.359. The van der Waals surface area contributed by atoms with Crippen LogP contribution < -0.4 is 10.4 Å². The number of aromatic amines is 1. The van der Waals surface area contributed by atoms with Gasteiger partial charge in [-0.05, 0) is 38.0 Å². The van der Waals surface area contributed by atoms with Gasteiger partial charge in [-0.15, -0.1) is 0 Å².